The van der Waals surface area contributed by atoms with Gasteiger partial charge < -0.3 is 4.84 Å². The van der Waals surface area contributed by atoms with Crippen LogP contribution in [0.2, 0.25) is 0 Å². The van der Waals surface area contributed by atoms with Crippen molar-refractivity contribution in [2.45, 2.75) is 19.8 Å². The molecule has 1 aromatic rings. The van der Waals surface area contributed by atoms with Gasteiger partial charge in [-0.25, -0.2) is 4.79 Å². The summed E-state index contributed by atoms with van der Waals surface area (Å²) in [6.07, 6.45) is 2.29. The molecule has 0 unspecified atom stereocenters. The minimum Gasteiger partial charge on any atom is -0.312 e. The normalized spacial score (nSPS) is 16.8. The number of unbranched alkanes of at least 4 members (excludes halogenated alkanes) is 1. The Kier molecular flexibility index (Phi) is 4.59. The van der Waals surface area contributed by atoms with Crippen molar-refractivity contribution in [2.24, 2.45) is 5.16 Å². The second-order valence-electron chi connectivity index (χ2n) is 3.94. The summed E-state index contributed by atoms with van der Waals surface area (Å²) in [6.45, 7) is 2.15. The van der Waals surface area contributed by atoms with Gasteiger partial charge >= 0.3 is 5.97 Å². The summed E-state index contributed by atoms with van der Waals surface area (Å²) in [5.41, 5.74) is 2.09. The lowest BCUT2D eigenvalue weighted by molar-refractivity contribution is -0.136. The van der Waals surface area contributed by atoms with Crippen molar-refractivity contribution in [2.75, 3.05) is 5.75 Å². The molecular formula is C14H15NO2S. The molecule has 0 aliphatic carbocycles. The first kappa shape index (κ1) is 12.9. The Morgan fingerprint density at radius 2 is 2.11 bits per heavy atom. The molecule has 1 aliphatic rings. The van der Waals surface area contributed by atoms with E-state index < -0.39 is 0 Å². The quantitative estimate of drug-likeness (QED) is 0.463. The molecule has 0 radical (unpaired) electrons. The summed E-state index contributed by atoms with van der Waals surface area (Å²) in [4.78, 5) is 16.4. The summed E-state index contributed by atoms with van der Waals surface area (Å²) < 4.78 is 0. The Bertz CT molecular complexity index is 480. The van der Waals surface area contributed by atoms with Crippen molar-refractivity contribution >= 4 is 23.4 Å². The highest BCUT2D eigenvalue weighted by molar-refractivity contribution is 8.02. The lowest BCUT2D eigenvalue weighted by Crippen LogP contribution is -2.06. The maximum absolute atomic E-state index is 11.6. The molecule has 0 saturated carbocycles. The van der Waals surface area contributed by atoms with E-state index in [0.29, 0.717) is 11.3 Å². The highest BCUT2D eigenvalue weighted by Gasteiger charge is 2.26. The van der Waals surface area contributed by atoms with E-state index in [1.54, 1.807) is 11.8 Å². The van der Waals surface area contributed by atoms with Gasteiger partial charge in [-0.3, -0.25) is 0 Å². The zero-order valence-corrected chi connectivity index (χ0v) is 11.1. The van der Waals surface area contributed by atoms with Gasteiger partial charge in [-0.05, 0) is 17.6 Å². The molecule has 0 atom stereocenters. The van der Waals surface area contributed by atoms with Gasteiger partial charge in [0.2, 0.25) is 0 Å². The number of hydrogen-bond acceptors (Lipinski definition) is 4. The van der Waals surface area contributed by atoms with Crippen LogP contribution in [0.25, 0.3) is 0 Å². The zero-order valence-electron chi connectivity index (χ0n) is 10.3. The molecule has 0 spiro atoms. The Balaban J connectivity index is 2.13. The minimum absolute atomic E-state index is 0.363. The predicted octanol–water partition coefficient (Wildman–Crippen LogP) is 3.36. The van der Waals surface area contributed by atoms with E-state index in [-0.39, 0.29) is 5.97 Å². The van der Waals surface area contributed by atoms with E-state index >= 15 is 0 Å². The maximum Gasteiger partial charge on any atom is 0.368 e. The number of oxime groups is 1. The van der Waals surface area contributed by atoms with Gasteiger partial charge in [0, 0.05) is 5.56 Å². The topological polar surface area (TPSA) is 38.7 Å². The van der Waals surface area contributed by atoms with Crippen molar-refractivity contribution < 1.29 is 9.63 Å². The predicted molar refractivity (Wildman–Crippen MR) is 74.5 cm³/mol. The SMILES string of the molecule is CCCCSC=C1C(=O)ON=C1c1ccccc1. The first-order valence-electron chi connectivity index (χ1n) is 6.00. The fraction of sp³-hybridized carbons (Fsp3) is 0.286. The molecule has 1 aromatic carbocycles. The number of carbonyl (C=O) groups excluding carboxylic acids is 1. The average molecular weight is 261 g/mol. The van der Waals surface area contributed by atoms with E-state index in [2.05, 4.69) is 12.1 Å². The lowest BCUT2D eigenvalue weighted by Gasteiger charge is -1.99. The van der Waals surface area contributed by atoms with Crippen LogP contribution in [0.15, 0.2) is 46.5 Å². The summed E-state index contributed by atoms with van der Waals surface area (Å²) in [5, 5.41) is 5.71. The summed E-state index contributed by atoms with van der Waals surface area (Å²) in [7, 11) is 0. The van der Waals surface area contributed by atoms with Gasteiger partial charge in [0.05, 0.1) is 5.57 Å². The van der Waals surface area contributed by atoms with Gasteiger partial charge in [-0.2, -0.15) is 0 Å². The van der Waals surface area contributed by atoms with E-state index in [1.165, 1.54) is 0 Å². The highest BCUT2D eigenvalue weighted by atomic mass is 32.2. The number of benzene rings is 1. The standard InChI is InChI=1S/C14H15NO2S/c1-2-3-9-18-10-12-13(15-17-14(12)16)11-7-5-4-6-8-11/h4-8,10H,2-3,9H2,1H3. The van der Waals surface area contributed by atoms with Crippen molar-refractivity contribution in [3.63, 3.8) is 0 Å². The molecule has 94 valence electrons. The van der Waals surface area contributed by atoms with E-state index in [9.17, 15) is 4.79 Å². The van der Waals surface area contributed by atoms with Crippen LogP contribution in [0.1, 0.15) is 25.3 Å². The minimum atomic E-state index is -0.363. The Labute approximate surface area is 111 Å². The summed E-state index contributed by atoms with van der Waals surface area (Å²) >= 11 is 1.63. The molecule has 0 amide bonds. The van der Waals surface area contributed by atoms with Gasteiger partial charge in [0.15, 0.2) is 0 Å². The second kappa shape index (κ2) is 6.40. The van der Waals surface area contributed by atoms with E-state index in [0.717, 1.165) is 24.2 Å². The molecule has 0 saturated heterocycles. The fourth-order valence-electron chi connectivity index (χ4n) is 1.56. The Morgan fingerprint density at radius 1 is 1.33 bits per heavy atom. The highest BCUT2D eigenvalue weighted by Crippen LogP contribution is 2.21. The van der Waals surface area contributed by atoms with Crippen LogP contribution in [0.3, 0.4) is 0 Å². The zero-order chi connectivity index (χ0) is 12.8. The van der Waals surface area contributed by atoms with Crippen molar-refractivity contribution in [3.8, 4) is 0 Å². The number of hydrogen-bond donors (Lipinski definition) is 0. The van der Waals surface area contributed by atoms with Gasteiger partial charge in [-0.1, -0.05) is 48.8 Å². The smallest absolute Gasteiger partial charge is 0.312 e. The third-order valence-corrected chi connectivity index (χ3v) is 3.49. The van der Waals surface area contributed by atoms with Crippen LogP contribution in [-0.2, 0) is 9.63 Å². The van der Waals surface area contributed by atoms with Gasteiger partial charge in [-0.15, -0.1) is 11.8 Å². The van der Waals surface area contributed by atoms with E-state index in [1.807, 2.05) is 35.7 Å². The van der Waals surface area contributed by atoms with Crippen molar-refractivity contribution in [1.82, 2.24) is 0 Å². The molecule has 0 aromatic heterocycles. The van der Waals surface area contributed by atoms with E-state index in [4.69, 9.17) is 4.84 Å². The molecular weight excluding hydrogens is 246 g/mol. The van der Waals surface area contributed by atoms with Crippen LogP contribution in [0.4, 0.5) is 0 Å². The molecule has 18 heavy (non-hydrogen) atoms. The molecule has 1 aliphatic heterocycles. The number of carbonyl (C=O) groups is 1. The number of thioether (sulfide) groups is 1. The van der Waals surface area contributed by atoms with Gasteiger partial charge in [0.1, 0.15) is 5.71 Å². The van der Waals surface area contributed by atoms with Crippen LogP contribution in [-0.4, -0.2) is 17.4 Å². The Morgan fingerprint density at radius 3 is 2.83 bits per heavy atom. The van der Waals surface area contributed by atoms with Crippen LogP contribution < -0.4 is 0 Å². The molecule has 3 nitrogen and oxygen atoms in total. The second-order valence-corrected chi connectivity index (χ2v) is 4.92. The van der Waals surface area contributed by atoms with Crippen LogP contribution in [0.5, 0.6) is 0 Å². The molecule has 4 heteroatoms. The fourth-order valence-corrected chi connectivity index (χ4v) is 2.51. The molecule has 0 N–H and O–H groups in total. The molecule has 2 rings (SSSR count). The monoisotopic (exact) mass is 261 g/mol. The average Bonchev–Trinajstić information content (AvgIpc) is 2.77. The number of nitrogens with zero attached hydrogens (tertiary/aromatic N) is 1. The first-order valence-corrected chi connectivity index (χ1v) is 7.04. The third-order valence-electron chi connectivity index (χ3n) is 2.56. The van der Waals surface area contributed by atoms with Gasteiger partial charge in [0.25, 0.3) is 0 Å². The molecule has 1 heterocycles. The van der Waals surface area contributed by atoms with Crippen molar-refractivity contribution in [1.29, 1.82) is 0 Å². The molecule has 0 bridgehead atoms. The molecule has 0 fully saturated rings. The summed E-state index contributed by atoms with van der Waals surface area (Å²) in [6, 6.07) is 9.61. The van der Waals surface area contributed by atoms with Crippen molar-refractivity contribution in [3.05, 3.63) is 46.9 Å². The van der Waals surface area contributed by atoms with Crippen LogP contribution in [0, 0.1) is 0 Å². The largest absolute Gasteiger partial charge is 0.368 e. The summed E-state index contributed by atoms with van der Waals surface area (Å²) in [5.74, 6) is 0.646. The van der Waals surface area contributed by atoms with Crippen LogP contribution >= 0.6 is 11.8 Å². The number of rotatable bonds is 5. The first-order chi connectivity index (χ1) is 8.83. The third kappa shape index (κ3) is 3.01. The maximum atomic E-state index is 11.6. The Hall–Kier alpha value is -1.55. The lowest BCUT2D eigenvalue weighted by atomic mass is 10.1.